The first-order valence-corrected chi connectivity index (χ1v) is 3.76. The summed E-state index contributed by atoms with van der Waals surface area (Å²) in [5.74, 6) is 0. The van der Waals surface area contributed by atoms with E-state index < -0.39 is 24.4 Å². The Morgan fingerprint density at radius 3 is 2.58 bits per heavy atom. The Balaban J connectivity index is 2.52. The van der Waals surface area contributed by atoms with Gasteiger partial charge >= 0.3 is 0 Å². The maximum absolute atomic E-state index is 10.1. The molecule has 3 N–H and O–H groups in total. The summed E-state index contributed by atoms with van der Waals surface area (Å²) in [5, 5.41) is 27.4. The second kappa shape index (κ2) is 3.95. The highest BCUT2D eigenvalue weighted by molar-refractivity contribution is 5.50. The monoisotopic (exact) mass is 176 g/mol. The Labute approximate surface area is 69.6 Å². The minimum atomic E-state index is -1.22. The second-order valence-corrected chi connectivity index (χ2v) is 2.82. The number of carbonyl (C=O) groups is 1. The van der Waals surface area contributed by atoms with Gasteiger partial charge in [-0.25, -0.2) is 0 Å². The molecule has 0 amide bonds. The van der Waals surface area contributed by atoms with Crippen LogP contribution in [0.1, 0.15) is 6.42 Å². The van der Waals surface area contributed by atoms with Crippen LogP contribution >= 0.6 is 0 Å². The van der Waals surface area contributed by atoms with Crippen molar-refractivity contribution in [2.45, 2.75) is 30.8 Å². The molecule has 70 valence electrons. The van der Waals surface area contributed by atoms with Gasteiger partial charge in [-0.3, -0.25) is 0 Å². The number of aldehydes is 1. The number of carbonyl (C=O) groups excluding carboxylic acids is 1. The number of aliphatic hydroxyl groups is 3. The predicted molar refractivity (Wildman–Crippen MR) is 38.4 cm³/mol. The third-order valence-corrected chi connectivity index (χ3v) is 1.93. The summed E-state index contributed by atoms with van der Waals surface area (Å²) in [4.78, 5) is 10.1. The van der Waals surface area contributed by atoms with Crippen LogP contribution in [0.15, 0.2) is 0 Å². The quantitative estimate of drug-likeness (QED) is 0.426. The molecule has 1 unspecified atom stereocenters. The molecular formula is C7H12O5. The van der Waals surface area contributed by atoms with E-state index in [4.69, 9.17) is 14.9 Å². The van der Waals surface area contributed by atoms with Crippen LogP contribution in [0.3, 0.4) is 0 Å². The molecule has 0 spiro atoms. The van der Waals surface area contributed by atoms with Gasteiger partial charge in [0.2, 0.25) is 0 Å². The van der Waals surface area contributed by atoms with E-state index in [0.29, 0.717) is 6.29 Å². The molecule has 1 aliphatic rings. The Morgan fingerprint density at radius 1 is 1.33 bits per heavy atom. The van der Waals surface area contributed by atoms with Crippen LogP contribution in [0.2, 0.25) is 0 Å². The van der Waals surface area contributed by atoms with Crippen molar-refractivity contribution in [1.29, 1.82) is 0 Å². The molecule has 0 aromatic heterocycles. The zero-order valence-electron chi connectivity index (χ0n) is 6.46. The Hall–Kier alpha value is -0.490. The second-order valence-electron chi connectivity index (χ2n) is 2.82. The van der Waals surface area contributed by atoms with Crippen molar-refractivity contribution in [3.63, 3.8) is 0 Å². The van der Waals surface area contributed by atoms with Crippen LogP contribution in [-0.2, 0) is 9.53 Å². The van der Waals surface area contributed by atoms with Crippen molar-refractivity contribution in [3.05, 3.63) is 0 Å². The fourth-order valence-electron chi connectivity index (χ4n) is 1.17. The van der Waals surface area contributed by atoms with Gasteiger partial charge in [0, 0.05) is 6.42 Å². The zero-order valence-corrected chi connectivity index (χ0v) is 6.46. The largest absolute Gasteiger partial charge is 0.388 e. The normalized spacial score (nSPS) is 42.6. The van der Waals surface area contributed by atoms with Gasteiger partial charge < -0.3 is 24.9 Å². The maximum Gasteiger partial charge on any atom is 0.122 e. The van der Waals surface area contributed by atoms with Gasteiger partial charge in [-0.15, -0.1) is 0 Å². The summed E-state index contributed by atoms with van der Waals surface area (Å²) in [6.45, 7) is -0.0449. The lowest BCUT2D eigenvalue weighted by atomic mass is 9.98. The third-order valence-electron chi connectivity index (χ3n) is 1.93. The molecule has 0 radical (unpaired) electrons. The summed E-state index contributed by atoms with van der Waals surface area (Å²) in [6.07, 6.45) is -3.52. The fraction of sp³-hybridized carbons (Fsp3) is 0.857. The minimum Gasteiger partial charge on any atom is -0.388 e. The molecule has 5 heteroatoms. The van der Waals surface area contributed by atoms with Crippen LogP contribution in [0.25, 0.3) is 0 Å². The Bertz CT molecular complexity index is 160. The highest BCUT2D eigenvalue weighted by Crippen LogP contribution is 2.16. The van der Waals surface area contributed by atoms with E-state index in [9.17, 15) is 9.90 Å². The van der Waals surface area contributed by atoms with E-state index in [0.717, 1.165) is 0 Å². The molecule has 0 bridgehead atoms. The van der Waals surface area contributed by atoms with Crippen molar-refractivity contribution < 1.29 is 24.9 Å². The highest BCUT2D eigenvalue weighted by atomic mass is 16.5. The lowest BCUT2D eigenvalue weighted by molar-refractivity contribution is -0.187. The maximum atomic E-state index is 10.1. The van der Waals surface area contributed by atoms with Crippen LogP contribution in [-0.4, -0.2) is 52.6 Å². The van der Waals surface area contributed by atoms with Crippen LogP contribution in [0, 0.1) is 0 Å². The van der Waals surface area contributed by atoms with Crippen LogP contribution in [0.5, 0.6) is 0 Å². The molecule has 0 aromatic rings. The average molecular weight is 176 g/mol. The molecule has 5 nitrogen and oxygen atoms in total. The van der Waals surface area contributed by atoms with E-state index in [1.54, 1.807) is 0 Å². The summed E-state index contributed by atoms with van der Waals surface area (Å²) in [7, 11) is 0. The predicted octanol–water partition coefficient (Wildman–Crippen LogP) is -1.94. The molecule has 4 atom stereocenters. The first kappa shape index (κ1) is 9.60. The van der Waals surface area contributed by atoms with Gasteiger partial charge in [0.1, 0.15) is 24.6 Å². The standard InChI is InChI=1S/C7H12O5/c8-2-1-5-7(11)6(10)4(9)3-12-5/h2,4-7,9-11H,1,3H2/t4-,5?,6+,7+/m1/s1. The van der Waals surface area contributed by atoms with E-state index in [-0.39, 0.29) is 13.0 Å². The first-order valence-electron chi connectivity index (χ1n) is 3.76. The summed E-state index contributed by atoms with van der Waals surface area (Å²) < 4.78 is 4.92. The van der Waals surface area contributed by atoms with Crippen molar-refractivity contribution >= 4 is 6.29 Å². The molecule has 0 aliphatic carbocycles. The molecule has 1 aliphatic heterocycles. The van der Waals surface area contributed by atoms with E-state index in [1.165, 1.54) is 0 Å². The van der Waals surface area contributed by atoms with Gasteiger partial charge in [-0.2, -0.15) is 0 Å². The lowest BCUT2D eigenvalue weighted by Gasteiger charge is -2.34. The molecule has 0 saturated carbocycles. The number of hydrogen-bond acceptors (Lipinski definition) is 5. The Kier molecular flexibility index (Phi) is 3.16. The molecule has 0 aromatic carbocycles. The smallest absolute Gasteiger partial charge is 0.122 e. The van der Waals surface area contributed by atoms with Gasteiger partial charge in [-0.05, 0) is 0 Å². The molecular weight excluding hydrogens is 164 g/mol. The topological polar surface area (TPSA) is 87.0 Å². The Morgan fingerprint density at radius 2 is 2.00 bits per heavy atom. The summed E-state index contributed by atoms with van der Waals surface area (Å²) in [5.41, 5.74) is 0. The molecule has 1 heterocycles. The number of rotatable bonds is 2. The zero-order chi connectivity index (χ0) is 9.14. The van der Waals surface area contributed by atoms with E-state index in [2.05, 4.69) is 0 Å². The van der Waals surface area contributed by atoms with Crippen molar-refractivity contribution in [3.8, 4) is 0 Å². The first-order chi connectivity index (χ1) is 5.66. The van der Waals surface area contributed by atoms with Gasteiger partial charge in [0.15, 0.2) is 0 Å². The van der Waals surface area contributed by atoms with Gasteiger partial charge in [-0.1, -0.05) is 0 Å². The SMILES string of the molecule is O=CCC1OC[C@@H](O)[C@H](O)[C@H]1O. The van der Waals surface area contributed by atoms with Crippen molar-refractivity contribution in [1.82, 2.24) is 0 Å². The van der Waals surface area contributed by atoms with Crippen LogP contribution < -0.4 is 0 Å². The van der Waals surface area contributed by atoms with Gasteiger partial charge in [0.05, 0.1) is 12.7 Å². The highest BCUT2D eigenvalue weighted by Gasteiger charge is 2.36. The van der Waals surface area contributed by atoms with Gasteiger partial charge in [0.25, 0.3) is 0 Å². The average Bonchev–Trinajstić information content (AvgIpc) is 2.07. The van der Waals surface area contributed by atoms with E-state index in [1.807, 2.05) is 0 Å². The minimum absolute atomic E-state index is 0.0327. The lowest BCUT2D eigenvalue weighted by Crippen LogP contribution is -2.52. The molecule has 1 rings (SSSR count). The van der Waals surface area contributed by atoms with E-state index >= 15 is 0 Å². The fourth-order valence-corrected chi connectivity index (χ4v) is 1.17. The third kappa shape index (κ3) is 1.81. The van der Waals surface area contributed by atoms with Crippen LogP contribution in [0.4, 0.5) is 0 Å². The van der Waals surface area contributed by atoms with Crippen molar-refractivity contribution in [2.75, 3.05) is 6.61 Å². The number of hydrogen-bond donors (Lipinski definition) is 3. The molecule has 12 heavy (non-hydrogen) atoms. The molecule has 1 fully saturated rings. The molecule has 1 saturated heterocycles. The number of aliphatic hydroxyl groups excluding tert-OH is 3. The van der Waals surface area contributed by atoms with Crippen molar-refractivity contribution in [2.24, 2.45) is 0 Å². The summed E-state index contributed by atoms with van der Waals surface area (Å²) >= 11 is 0. The number of ether oxygens (including phenoxy) is 1. The summed E-state index contributed by atoms with van der Waals surface area (Å²) in [6, 6.07) is 0.